The highest BCUT2D eigenvalue weighted by Gasteiger charge is 2.22. The summed E-state index contributed by atoms with van der Waals surface area (Å²) in [5.41, 5.74) is 12.8. The van der Waals surface area contributed by atoms with Crippen molar-refractivity contribution in [3.8, 4) is 0 Å². The number of ether oxygens (including phenoxy) is 1. The third-order valence-electron chi connectivity index (χ3n) is 3.33. The fraction of sp³-hybridized carbons (Fsp3) is 0.462. The first-order chi connectivity index (χ1) is 8.63. The van der Waals surface area contributed by atoms with Gasteiger partial charge < -0.3 is 21.1 Å². The molecule has 1 unspecified atom stereocenters. The number of nitrogens with two attached hydrogens (primary N) is 2. The molecule has 1 aliphatic heterocycles. The molecule has 1 saturated heterocycles. The average molecular weight is 249 g/mol. The van der Waals surface area contributed by atoms with E-state index >= 15 is 0 Å². The van der Waals surface area contributed by atoms with Gasteiger partial charge in [0, 0.05) is 17.9 Å². The van der Waals surface area contributed by atoms with Crippen molar-refractivity contribution in [3.63, 3.8) is 0 Å². The molecule has 1 aromatic rings. The van der Waals surface area contributed by atoms with Crippen molar-refractivity contribution in [3.05, 3.63) is 23.8 Å². The highest BCUT2D eigenvalue weighted by Crippen LogP contribution is 2.25. The normalized spacial score (nSPS) is 19.8. The van der Waals surface area contributed by atoms with E-state index in [-0.39, 0.29) is 0 Å². The van der Waals surface area contributed by atoms with E-state index in [1.165, 1.54) is 0 Å². The van der Waals surface area contributed by atoms with Gasteiger partial charge in [0.15, 0.2) is 0 Å². The summed E-state index contributed by atoms with van der Waals surface area (Å²) in [6.07, 6.45) is 0.996. The van der Waals surface area contributed by atoms with E-state index in [2.05, 4.69) is 11.8 Å². The van der Waals surface area contributed by atoms with Crippen LogP contribution in [-0.2, 0) is 4.74 Å². The minimum absolute atomic E-state index is 0.336. The van der Waals surface area contributed by atoms with Gasteiger partial charge in [-0.2, -0.15) is 0 Å². The van der Waals surface area contributed by atoms with Gasteiger partial charge in [-0.1, -0.05) is 6.92 Å². The largest absolute Gasteiger partial charge is 0.398 e. The summed E-state index contributed by atoms with van der Waals surface area (Å²) in [6.45, 7) is 4.36. The molecule has 18 heavy (non-hydrogen) atoms. The molecule has 4 N–H and O–H groups in total. The summed E-state index contributed by atoms with van der Waals surface area (Å²) < 4.78 is 5.47. The number of primary amides is 1. The molecule has 1 amide bonds. The maximum atomic E-state index is 11.3. The van der Waals surface area contributed by atoms with Gasteiger partial charge in [-0.05, 0) is 24.6 Å². The smallest absolute Gasteiger partial charge is 0.250 e. The second-order valence-electron chi connectivity index (χ2n) is 4.47. The Labute approximate surface area is 107 Å². The van der Waals surface area contributed by atoms with Gasteiger partial charge in [0.05, 0.1) is 24.8 Å². The SMILES string of the molecule is CCC1COCCN1c1ccc(N)c(C(N)=O)c1. The average Bonchev–Trinajstić information content (AvgIpc) is 2.39. The Morgan fingerprint density at radius 2 is 2.33 bits per heavy atom. The van der Waals surface area contributed by atoms with Crippen LogP contribution in [0.4, 0.5) is 11.4 Å². The molecule has 1 heterocycles. The Hall–Kier alpha value is -1.75. The molecule has 0 saturated carbocycles. The van der Waals surface area contributed by atoms with E-state index in [0.29, 0.717) is 30.5 Å². The number of nitrogen functional groups attached to an aromatic ring is 1. The standard InChI is InChI=1S/C13H19N3O2/c1-2-9-8-18-6-5-16(9)10-3-4-12(14)11(7-10)13(15)17/h3-4,7,9H,2,5-6,8,14H2,1H3,(H2,15,17). The lowest BCUT2D eigenvalue weighted by molar-refractivity contribution is 0.0930. The number of hydrogen-bond donors (Lipinski definition) is 2. The Morgan fingerprint density at radius 1 is 1.56 bits per heavy atom. The fourth-order valence-corrected chi connectivity index (χ4v) is 2.27. The van der Waals surface area contributed by atoms with Gasteiger partial charge in [-0.3, -0.25) is 4.79 Å². The Balaban J connectivity index is 2.32. The van der Waals surface area contributed by atoms with E-state index in [4.69, 9.17) is 16.2 Å². The molecule has 1 aliphatic rings. The summed E-state index contributed by atoms with van der Waals surface area (Å²) in [5.74, 6) is -0.490. The van der Waals surface area contributed by atoms with Crippen LogP contribution in [0.15, 0.2) is 18.2 Å². The van der Waals surface area contributed by atoms with E-state index in [1.807, 2.05) is 6.07 Å². The number of carbonyl (C=O) groups excluding carboxylic acids is 1. The van der Waals surface area contributed by atoms with Gasteiger partial charge in [0.1, 0.15) is 0 Å². The van der Waals surface area contributed by atoms with Gasteiger partial charge in [-0.25, -0.2) is 0 Å². The third-order valence-corrected chi connectivity index (χ3v) is 3.33. The lowest BCUT2D eigenvalue weighted by Gasteiger charge is -2.37. The van der Waals surface area contributed by atoms with Crippen LogP contribution in [0.3, 0.4) is 0 Å². The maximum absolute atomic E-state index is 11.3. The van der Waals surface area contributed by atoms with Gasteiger partial charge in [0.2, 0.25) is 0 Å². The zero-order valence-electron chi connectivity index (χ0n) is 10.6. The van der Waals surface area contributed by atoms with Crippen molar-refractivity contribution < 1.29 is 9.53 Å². The molecule has 98 valence electrons. The van der Waals surface area contributed by atoms with Crippen LogP contribution in [0.2, 0.25) is 0 Å². The predicted molar refractivity (Wildman–Crippen MR) is 71.6 cm³/mol. The van der Waals surface area contributed by atoms with E-state index in [0.717, 1.165) is 18.7 Å². The van der Waals surface area contributed by atoms with Crippen LogP contribution < -0.4 is 16.4 Å². The summed E-state index contributed by atoms with van der Waals surface area (Å²) in [7, 11) is 0. The second kappa shape index (κ2) is 5.27. The second-order valence-corrected chi connectivity index (χ2v) is 4.47. The lowest BCUT2D eigenvalue weighted by Crippen LogP contribution is -2.45. The molecule has 0 bridgehead atoms. The van der Waals surface area contributed by atoms with Gasteiger partial charge in [0.25, 0.3) is 5.91 Å². The van der Waals surface area contributed by atoms with Crippen LogP contribution in [-0.4, -0.2) is 31.7 Å². The summed E-state index contributed by atoms with van der Waals surface area (Å²) in [4.78, 5) is 13.6. The maximum Gasteiger partial charge on any atom is 0.250 e. The Morgan fingerprint density at radius 3 is 3.00 bits per heavy atom. The molecule has 0 aliphatic carbocycles. The quantitative estimate of drug-likeness (QED) is 0.782. The molecule has 0 spiro atoms. The Kier molecular flexibility index (Phi) is 3.72. The fourth-order valence-electron chi connectivity index (χ4n) is 2.27. The summed E-state index contributed by atoms with van der Waals surface area (Å²) in [5, 5.41) is 0. The number of nitrogens with zero attached hydrogens (tertiary/aromatic N) is 1. The third kappa shape index (κ3) is 2.41. The van der Waals surface area contributed by atoms with E-state index in [9.17, 15) is 4.79 Å². The van der Waals surface area contributed by atoms with E-state index < -0.39 is 5.91 Å². The molecule has 5 nitrogen and oxygen atoms in total. The van der Waals surface area contributed by atoms with Crippen molar-refractivity contribution in [1.29, 1.82) is 0 Å². The van der Waals surface area contributed by atoms with Gasteiger partial charge in [-0.15, -0.1) is 0 Å². The molecular formula is C13H19N3O2. The number of anilines is 2. The van der Waals surface area contributed by atoms with Crippen molar-refractivity contribution in [2.24, 2.45) is 5.73 Å². The number of benzene rings is 1. The minimum Gasteiger partial charge on any atom is -0.398 e. The highest BCUT2D eigenvalue weighted by molar-refractivity contribution is 5.99. The minimum atomic E-state index is -0.490. The molecule has 1 atom stereocenters. The van der Waals surface area contributed by atoms with Crippen LogP contribution >= 0.6 is 0 Å². The first kappa shape index (κ1) is 12.7. The molecule has 2 rings (SSSR count). The van der Waals surface area contributed by atoms with Crippen molar-refractivity contribution in [1.82, 2.24) is 0 Å². The zero-order chi connectivity index (χ0) is 13.1. The van der Waals surface area contributed by atoms with Crippen LogP contribution in [0.25, 0.3) is 0 Å². The topological polar surface area (TPSA) is 81.6 Å². The number of carbonyl (C=O) groups is 1. The molecule has 5 heteroatoms. The predicted octanol–water partition coefficient (Wildman–Crippen LogP) is 0.983. The molecule has 1 fully saturated rings. The number of rotatable bonds is 3. The molecule has 0 aromatic heterocycles. The molecule has 0 radical (unpaired) electrons. The van der Waals surface area contributed by atoms with Crippen molar-refractivity contribution in [2.45, 2.75) is 19.4 Å². The Bertz CT molecular complexity index is 448. The lowest BCUT2D eigenvalue weighted by atomic mass is 10.1. The van der Waals surface area contributed by atoms with Crippen LogP contribution in [0.5, 0.6) is 0 Å². The van der Waals surface area contributed by atoms with Crippen LogP contribution in [0.1, 0.15) is 23.7 Å². The zero-order valence-corrected chi connectivity index (χ0v) is 10.6. The monoisotopic (exact) mass is 249 g/mol. The number of morpholine rings is 1. The van der Waals surface area contributed by atoms with Crippen LogP contribution in [0, 0.1) is 0 Å². The molecular weight excluding hydrogens is 230 g/mol. The first-order valence-electron chi connectivity index (χ1n) is 6.17. The summed E-state index contributed by atoms with van der Waals surface area (Å²) in [6, 6.07) is 5.77. The number of amides is 1. The van der Waals surface area contributed by atoms with E-state index in [1.54, 1.807) is 12.1 Å². The van der Waals surface area contributed by atoms with Crippen molar-refractivity contribution >= 4 is 17.3 Å². The first-order valence-corrected chi connectivity index (χ1v) is 6.17. The van der Waals surface area contributed by atoms with Crippen molar-refractivity contribution in [2.75, 3.05) is 30.4 Å². The summed E-state index contributed by atoms with van der Waals surface area (Å²) >= 11 is 0. The molecule has 1 aromatic carbocycles. The number of hydrogen-bond acceptors (Lipinski definition) is 4. The van der Waals surface area contributed by atoms with Gasteiger partial charge >= 0.3 is 0 Å². The highest BCUT2D eigenvalue weighted by atomic mass is 16.5.